The lowest BCUT2D eigenvalue weighted by atomic mass is 10.1. The molecule has 0 saturated heterocycles. The number of likely N-dealkylation sites (N-methyl/N-ethyl adjacent to an activating group) is 2. The Morgan fingerprint density at radius 1 is 0.850 bits per heavy atom. The lowest BCUT2D eigenvalue weighted by Crippen LogP contribution is -2.26. The van der Waals surface area contributed by atoms with E-state index in [-0.39, 0.29) is 11.8 Å². The van der Waals surface area contributed by atoms with Gasteiger partial charge in [-0.2, -0.15) is 0 Å². The highest BCUT2D eigenvalue weighted by molar-refractivity contribution is 7.85. The van der Waals surface area contributed by atoms with Gasteiger partial charge in [0.25, 0.3) is 11.8 Å². The third-order valence-corrected chi connectivity index (χ3v) is 3.40. The zero-order valence-electron chi connectivity index (χ0n) is 12.0. The summed E-state index contributed by atoms with van der Waals surface area (Å²) >= 11 is 8.29. The van der Waals surface area contributed by atoms with Crippen molar-refractivity contribution in [1.82, 2.24) is 9.80 Å². The number of fused-ring (bicyclic) bond motifs is 1. The number of hydrogen-bond donors (Lipinski definition) is 2. The van der Waals surface area contributed by atoms with Gasteiger partial charge in [-0.05, 0) is 0 Å². The molecule has 0 atom stereocenters. The number of hydrogen-bond acceptors (Lipinski definition) is 4. The molecule has 0 saturated carbocycles. The summed E-state index contributed by atoms with van der Waals surface area (Å²) in [6.45, 7) is 11.4. The average molecular weight is 310 g/mol. The normalized spacial score (nSPS) is 17.5. The van der Waals surface area contributed by atoms with E-state index in [1.165, 1.54) is 9.80 Å². The van der Waals surface area contributed by atoms with Crippen LogP contribution in [0, 0.1) is 0 Å². The molecule has 108 valence electrons. The Kier molecular flexibility index (Phi) is 4.94. The number of carbonyl (C=O) groups is 2. The molecule has 2 aliphatic rings. The maximum Gasteiger partial charge on any atom is 0.261 e. The van der Waals surface area contributed by atoms with Gasteiger partial charge in [-0.25, -0.2) is 0 Å². The average Bonchev–Trinajstić information content (AvgIpc) is 2.78. The molecule has 6 heteroatoms. The molecule has 0 aromatic carbocycles. The fourth-order valence-electron chi connectivity index (χ4n) is 2.20. The van der Waals surface area contributed by atoms with Crippen LogP contribution in [0.5, 0.6) is 0 Å². The molecule has 20 heavy (non-hydrogen) atoms. The molecule has 0 aromatic rings. The third-order valence-electron chi connectivity index (χ3n) is 2.98. The van der Waals surface area contributed by atoms with Crippen LogP contribution < -0.4 is 0 Å². The zero-order chi connectivity index (χ0) is 15.8. The molecule has 0 spiro atoms. The Hall–Kier alpha value is -1.40. The van der Waals surface area contributed by atoms with Gasteiger partial charge >= 0.3 is 0 Å². The molecular weight excluding hydrogens is 292 g/mol. The lowest BCUT2D eigenvalue weighted by molar-refractivity contribution is -0.123. The van der Waals surface area contributed by atoms with Gasteiger partial charge in [-0.15, -0.1) is 25.3 Å². The van der Waals surface area contributed by atoms with Gasteiger partial charge in [-0.3, -0.25) is 9.59 Å². The van der Waals surface area contributed by atoms with E-state index in [1.54, 1.807) is 14.1 Å². The third kappa shape index (κ3) is 2.23. The maximum absolute atomic E-state index is 12.2. The summed E-state index contributed by atoms with van der Waals surface area (Å²) in [6, 6.07) is 0. The first-order chi connectivity index (χ1) is 9.29. The van der Waals surface area contributed by atoms with E-state index in [2.05, 4.69) is 38.4 Å². The SMILES string of the molecule is C=C(S)C1=C2C(=O)N(C)C(C(=C)S)=C2C(=O)N1C.CC. The first-order valence-electron chi connectivity index (χ1n) is 6.10. The summed E-state index contributed by atoms with van der Waals surface area (Å²) in [7, 11) is 3.17. The first-order valence-corrected chi connectivity index (χ1v) is 7.00. The fourth-order valence-corrected chi connectivity index (χ4v) is 2.73. The predicted molar refractivity (Wildman–Crippen MR) is 87.2 cm³/mol. The minimum atomic E-state index is -0.266. The first kappa shape index (κ1) is 16.7. The Morgan fingerprint density at radius 3 is 1.30 bits per heavy atom. The highest BCUT2D eigenvalue weighted by Crippen LogP contribution is 2.43. The van der Waals surface area contributed by atoms with Crippen LogP contribution in [0.15, 0.2) is 45.5 Å². The van der Waals surface area contributed by atoms with E-state index >= 15 is 0 Å². The Bertz CT molecular complexity index is 536. The molecular formula is C14H18N2O2S2. The quantitative estimate of drug-likeness (QED) is 0.769. The van der Waals surface area contributed by atoms with Crippen molar-refractivity contribution in [2.75, 3.05) is 14.1 Å². The van der Waals surface area contributed by atoms with Crippen LogP contribution in [0.3, 0.4) is 0 Å². The van der Waals surface area contributed by atoms with E-state index in [0.717, 1.165) is 0 Å². The van der Waals surface area contributed by atoms with Crippen LogP contribution in [0.2, 0.25) is 0 Å². The monoisotopic (exact) mass is 310 g/mol. The second kappa shape index (κ2) is 5.93. The van der Waals surface area contributed by atoms with E-state index in [1.807, 2.05) is 13.8 Å². The predicted octanol–water partition coefficient (Wildman–Crippen LogP) is 2.35. The van der Waals surface area contributed by atoms with Gasteiger partial charge in [-0.1, -0.05) is 27.0 Å². The highest BCUT2D eigenvalue weighted by atomic mass is 32.1. The summed E-state index contributed by atoms with van der Waals surface area (Å²) < 4.78 is 0. The summed E-state index contributed by atoms with van der Waals surface area (Å²) in [4.78, 5) is 27.9. The molecule has 2 aliphatic heterocycles. The Morgan fingerprint density at radius 2 is 1.10 bits per heavy atom. The van der Waals surface area contributed by atoms with E-state index in [4.69, 9.17) is 0 Å². The topological polar surface area (TPSA) is 40.6 Å². The van der Waals surface area contributed by atoms with E-state index in [0.29, 0.717) is 32.4 Å². The molecule has 0 fully saturated rings. The van der Waals surface area contributed by atoms with Gasteiger partial charge in [0.2, 0.25) is 0 Å². The minimum absolute atomic E-state index is 0.266. The Labute approximate surface area is 130 Å². The van der Waals surface area contributed by atoms with Gasteiger partial charge in [0.15, 0.2) is 0 Å². The van der Waals surface area contributed by atoms with Crippen molar-refractivity contribution in [3.63, 3.8) is 0 Å². The van der Waals surface area contributed by atoms with E-state index in [9.17, 15) is 9.59 Å². The van der Waals surface area contributed by atoms with E-state index < -0.39 is 0 Å². The molecule has 0 bridgehead atoms. The van der Waals surface area contributed by atoms with Crippen molar-refractivity contribution in [3.05, 3.63) is 45.5 Å². The van der Waals surface area contributed by atoms with Crippen molar-refractivity contribution < 1.29 is 9.59 Å². The van der Waals surface area contributed by atoms with Crippen molar-refractivity contribution in [1.29, 1.82) is 0 Å². The summed E-state index contributed by atoms with van der Waals surface area (Å²) in [5.41, 5.74) is 1.55. The zero-order valence-corrected chi connectivity index (χ0v) is 13.8. The van der Waals surface area contributed by atoms with Crippen molar-refractivity contribution in [3.8, 4) is 0 Å². The van der Waals surface area contributed by atoms with Crippen LogP contribution >= 0.6 is 25.3 Å². The fraction of sp³-hybridized carbons (Fsp3) is 0.286. The van der Waals surface area contributed by atoms with Gasteiger partial charge in [0.05, 0.1) is 22.5 Å². The highest BCUT2D eigenvalue weighted by Gasteiger charge is 2.46. The van der Waals surface area contributed by atoms with Crippen LogP contribution in [-0.4, -0.2) is 35.7 Å². The molecule has 4 nitrogen and oxygen atoms in total. The van der Waals surface area contributed by atoms with Gasteiger partial charge in [0.1, 0.15) is 0 Å². The number of carbonyl (C=O) groups excluding carboxylic acids is 2. The maximum atomic E-state index is 12.2. The van der Waals surface area contributed by atoms with Crippen LogP contribution in [0.1, 0.15) is 13.8 Å². The largest absolute Gasteiger partial charge is 0.309 e. The van der Waals surface area contributed by atoms with Gasteiger partial charge in [0, 0.05) is 23.9 Å². The molecule has 2 heterocycles. The lowest BCUT2D eigenvalue weighted by Gasteiger charge is -2.18. The Balaban J connectivity index is 0.000000956. The smallest absolute Gasteiger partial charge is 0.261 e. The summed E-state index contributed by atoms with van der Waals surface area (Å²) in [5.74, 6) is -0.531. The molecule has 0 aliphatic carbocycles. The standard InChI is InChI=1S/C12H12N2O2S2.C2H6/c1-5(17)9-7-8(12(16)13(9)3)10(6(2)18)14(4)11(7)15;1-2/h17-18H,1-2H2,3-4H3;1-2H3. The molecule has 0 radical (unpaired) electrons. The molecule has 2 amide bonds. The number of nitrogens with zero attached hydrogens (tertiary/aromatic N) is 2. The summed E-state index contributed by atoms with van der Waals surface area (Å²) in [5, 5.41) is 0. The van der Waals surface area contributed by atoms with Crippen molar-refractivity contribution in [2.24, 2.45) is 0 Å². The molecule has 0 unspecified atom stereocenters. The number of rotatable bonds is 2. The summed E-state index contributed by atoms with van der Waals surface area (Å²) in [6.07, 6.45) is 0. The van der Waals surface area contributed by atoms with Crippen LogP contribution in [0.25, 0.3) is 0 Å². The minimum Gasteiger partial charge on any atom is -0.309 e. The number of amides is 2. The van der Waals surface area contributed by atoms with Crippen LogP contribution in [-0.2, 0) is 9.59 Å². The number of thiol groups is 2. The van der Waals surface area contributed by atoms with Gasteiger partial charge < -0.3 is 9.80 Å². The molecule has 2 rings (SSSR count). The van der Waals surface area contributed by atoms with Crippen molar-refractivity contribution >= 4 is 37.1 Å². The molecule has 0 aromatic heterocycles. The second-order valence-electron chi connectivity index (χ2n) is 4.07. The second-order valence-corrected chi connectivity index (χ2v) is 5.15. The van der Waals surface area contributed by atoms with Crippen LogP contribution in [0.4, 0.5) is 0 Å². The van der Waals surface area contributed by atoms with Crippen molar-refractivity contribution in [2.45, 2.75) is 13.8 Å². The molecule has 0 N–H and O–H groups in total.